The highest BCUT2D eigenvalue weighted by Crippen LogP contribution is 2.12. The summed E-state index contributed by atoms with van der Waals surface area (Å²) in [5, 5.41) is 13.6. The van der Waals surface area contributed by atoms with Crippen LogP contribution in [0, 0.1) is 10.1 Å². The van der Waals surface area contributed by atoms with E-state index in [2.05, 4.69) is 5.32 Å². The fraction of sp³-hybridized carbons (Fsp3) is 0.455. The average molecular weight is 348 g/mol. The van der Waals surface area contributed by atoms with E-state index in [1.54, 1.807) is 12.1 Å². The van der Waals surface area contributed by atoms with Gasteiger partial charge in [0.25, 0.3) is 5.69 Å². The number of benzene rings is 1. The molecule has 1 atom stereocenters. The second-order valence-electron chi connectivity index (χ2n) is 3.88. The van der Waals surface area contributed by atoms with Crippen molar-refractivity contribution in [3.63, 3.8) is 0 Å². The summed E-state index contributed by atoms with van der Waals surface area (Å²) in [5.74, 6) is 0. The topological polar surface area (TPSA) is 107 Å². The second-order valence-corrected chi connectivity index (χ2v) is 3.88. The van der Waals surface area contributed by atoms with Gasteiger partial charge in [-0.3, -0.25) is 10.1 Å². The maximum atomic E-state index is 10.5. The Morgan fingerprint density at radius 2 is 1.75 bits per heavy atom. The van der Waals surface area contributed by atoms with Crippen molar-refractivity contribution < 1.29 is 4.92 Å². The van der Waals surface area contributed by atoms with Crippen LogP contribution in [0.1, 0.15) is 5.56 Å². The summed E-state index contributed by atoms with van der Waals surface area (Å²) in [6.45, 7) is 2.02. The number of halogens is 3. The van der Waals surface area contributed by atoms with E-state index >= 15 is 0 Å². The number of nitrogens with zero attached hydrogens (tertiary/aromatic N) is 1. The van der Waals surface area contributed by atoms with Gasteiger partial charge in [0.15, 0.2) is 0 Å². The lowest BCUT2D eigenvalue weighted by molar-refractivity contribution is -0.384. The van der Waals surface area contributed by atoms with Gasteiger partial charge in [-0.2, -0.15) is 0 Å². The first-order chi connectivity index (χ1) is 8.13. The smallest absolute Gasteiger partial charge is 0.269 e. The summed E-state index contributed by atoms with van der Waals surface area (Å²) in [6, 6.07) is 6.45. The quantitative estimate of drug-likeness (QED) is 0.391. The molecule has 0 bridgehead atoms. The van der Waals surface area contributed by atoms with Crippen molar-refractivity contribution in [3.8, 4) is 0 Å². The first-order valence-electron chi connectivity index (χ1n) is 5.53. The lowest BCUT2D eigenvalue weighted by Gasteiger charge is -2.12. The standard InChI is InChI=1S/C11H18N4O2.3ClH/c12-5-6-14-8-10(13)7-9-1-3-11(4-2-9)15(16)17;;;/h1-4,10,14H,5-8,12-13H2;3*1H. The van der Waals surface area contributed by atoms with Crippen LogP contribution >= 0.6 is 37.2 Å². The Morgan fingerprint density at radius 3 is 2.20 bits per heavy atom. The molecule has 20 heavy (non-hydrogen) atoms. The van der Waals surface area contributed by atoms with E-state index in [0.29, 0.717) is 19.5 Å². The highest BCUT2D eigenvalue weighted by Gasteiger charge is 2.07. The fourth-order valence-electron chi connectivity index (χ4n) is 1.52. The minimum atomic E-state index is -0.410. The summed E-state index contributed by atoms with van der Waals surface area (Å²) in [5.41, 5.74) is 12.4. The largest absolute Gasteiger partial charge is 0.329 e. The van der Waals surface area contributed by atoms with Gasteiger partial charge in [0.2, 0.25) is 0 Å². The van der Waals surface area contributed by atoms with Gasteiger partial charge >= 0.3 is 0 Å². The van der Waals surface area contributed by atoms with Crippen LogP contribution in [-0.4, -0.2) is 30.6 Å². The Bertz CT molecular complexity index is 365. The molecule has 0 saturated heterocycles. The third kappa shape index (κ3) is 9.30. The second kappa shape index (κ2) is 13.4. The van der Waals surface area contributed by atoms with Crippen molar-refractivity contribution in [1.82, 2.24) is 5.32 Å². The molecular formula is C11H21Cl3N4O2. The minimum absolute atomic E-state index is 0. The summed E-state index contributed by atoms with van der Waals surface area (Å²) in [4.78, 5) is 10.1. The number of rotatable bonds is 7. The van der Waals surface area contributed by atoms with E-state index in [9.17, 15) is 10.1 Å². The van der Waals surface area contributed by atoms with Gasteiger partial charge in [-0.1, -0.05) is 12.1 Å². The molecular weight excluding hydrogens is 327 g/mol. The maximum Gasteiger partial charge on any atom is 0.269 e. The molecule has 1 aromatic rings. The van der Waals surface area contributed by atoms with Crippen molar-refractivity contribution in [2.24, 2.45) is 11.5 Å². The van der Waals surface area contributed by atoms with Crippen molar-refractivity contribution in [2.45, 2.75) is 12.5 Å². The summed E-state index contributed by atoms with van der Waals surface area (Å²) < 4.78 is 0. The highest BCUT2D eigenvalue weighted by atomic mass is 35.5. The van der Waals surface area contributed by atoms with Gasteiger partial charge in [-0.15, -0.1) is 37.2 Å². The number of nitro benzene ring substituents is 1. The molecule has 0 aliphatic rings. The van der Waals surface area contributed by atoms with E-state index in [1.807, 2.05) is 0 Å². The van der Waals surface area contributed by atoms with Crippen molar-refractivity contribution in [3.05, 3.63) is 39.9 Å². The Balaban J connectivity index is -0.000000963. The number of hydrogen-bond donors (Lipinski definition) is 3. The van der Waals surface area contributed by atoms with Gasteiger partial charge in [0, 0.05) is 37.8 Å². The van der Waals surface area contributed by atoms with Crippen LogP contribution in [0.4, 0.5) is 5.69 Å². The molecule has 1 unspecified atom stereocenters. The molecule has 1 rings (SSSR count). The maximum absolute atomic E-state index is 10.5. The van der Waals surface area contributed by atoms with Gasteiger partial charge < -0.3 is 16.8 Å². The molecule has 6 nitrogen and oxygen atoms in total. The number of nitrogens with two attached hydrogens (primary N) is 2. The van der Waals surface area contributed by atoms with E-state index in [-0.39, 0.29) is 49.0 Å². The summed E-state index contributed by atoms with van der Waals surface area (Å²) in [7, 11) is 0. The Hall–Kier alpha value is -0.630. The SMILES string of the molecule is Cl.Cl.Cl.NCCNCC(N)Cc1ccc([N+](=O)[O-])cc1. The van der Waals surface area contributed by atoms with Crippen LogP contribution in [-0.2, 0) is 6.42 Å². The molecule has 0 spiro atoms. The molecule has 0 aliphatic heterocycles. The zero-order valence-corrected chi connectivity index (χ0v) is 13.3. The Kier molecular flexibility index (Phi) is 16.3. The molecule has 0 fully saturated rings. The molecule has 0 aliphatic carbocycles. The number of non-ortho nitro benzene ring substituents is 1. The normalized spacial score (nSPS) is 10.5. The molecule has 9 heteroatoms. The molecule has 0 saturated carbocycles. The van der Waals surface area contributed by atoms with Gasteiger partial charge in [-0.25, -0.2) is 0 Å². The molecule has 1 aromatic carbocycles. The third-order valence-electron chi connectivity index (χ3n) is 2.37. The van der Waals surface area contributed by atoms with Gasteiger partial charge in [0.05, 0.1) is 4.92 Å². The lowest BCUT2D eigenvalue weighted by atomic mass is 10.1. The zero-order valence-electron chi connectivity index (χ0n) is 10.9. The monoisotopic (exact) mass is 346 g/mol. The van der Waals surface area contributed by atoms with Crippen LogP contribution in [0.5, 0.6) is 0 Å². The fourth-order valence-corrected chi connectivity index (χ4v) is 1.52. The van der Waals surface area contributed by atoms with Crippen LogP contribution in [0.15, 0.2) is 24.3 Å². The Labute approximate surface area is 137 Å². The predicted octanol–water partition coefficient (Wildman–Crippen LogP) is 1.28. The van der Waals surface area contributed by atoms with Crippen molar-refractivity contribution in [2.75, 3.05) is 19.6 Å². The first kappa shape index (κ1) is 24.4. The number of hydrogen-bond acceptors (Lipinski definition) is 5. The lowest BCUT2D eigenvalue weighted by Crippen LogP contribution is -2.37. The first-order valence-corrected chi connectivity index (χ1v) is 5.53. The van der Waals surface area contributed by atoms with E-state index in [0.717, 1.165) is 12.1 Å². The predicted molar refractivity (Wildman–Crippen MR) is 88.4 cm³/mol. The molecule has 118 valence electrons. The van der Waals surface area contributed by atoms with Crippen molar-refractivity contribution in [1.29, 1.82) is 0 Å². The average Bonchev–Trinajstić information content (AvgIpc) is 2.30. The van der Waals surface area contributed by atoms with Crippen LogP contribution in [0.25, 0.3) is 0 Å². The summed E-state index contributed by atoms with van der Waals surface area (Å²) >= 11 is 0. The number of nitrogens with one attached hydrogen (secondary N) is 1. The number of nitro groups is 1. The van der Waals surface area contributed by atoms with Crippen LogP contribution < -0.4 is 16.8 Å². The van der Waals surface area contributed by atoms with E-state index in [4.69, 9.17) is 11.5 Å². The van der Waals surface area contributed by atoms with Crippen LogP contribution in [0.3, 0.4) is 0 Å². The summed E-state index contributed by atoms with van der Waals surface area (Å²) in [6.07, 6.45) is 0.690. The third-order valence-corrected chi connectivity index (χ3v) is 2.37. The Morgan fingerprint density at radius 1 is 1.20 bits per heavy atom. The highest BCUT2D eigenvalue weighted by molar-refractivity contribution is 5.86. The van der Waals surface area contributed by atoms with Gasteiger partial charge in [0.1, 0.15) is 0 Å². The molecule has 0 radical (unpaired) electrons. The van der Waals surface area contributed by atoms with Gasteiger partial charge in [-0.05, 0) is 12.0 Å². The molecule has 0 amide bonds. The van der Waals surface area contributed by atoms with Crippen molar-refractivity contribution >= 4 is 42.9 Å². The molecule has 0 aromatic heterocycles. The minimum Gasteiger partial charge on any atom is -0.329 e. The molecule has 5 N–H and O–H groups in total. The zero-order chi connectivity index (χ0) is 12.7. The van der Waals surface area contributed by atoms with E-state index in [1.165, 1.54) is 12.1 Å². The van der Waals surface area contributed by atoms with Crippen LogP contribution in [0.2, 0.25) is 0 Å². The molecule has 0 heterocycles. The van der Waals surface area contributed by atoms with E-state index < -0.39 is 4.92 Å².